The molecule has 1 aromatic rings. The highest BCUT2D eigenvalue weighted by Gasteiger charge is 2.27. The zero-order valence-electron chi connectivity index (χ0n) is 12.8. The first-order valence-electron chi connectivity index (χ1n) is 7.63. The van der Waals surface area contributed by atoms with Crippen molar-refractivity contribution in [2.75, 3.05) is 31.1 Å². The fourth-order valence-corrected chi connectivity index (χ4v) is 2.85. The summed E-state index contributed by atoms with van der Waals surface area (Å²) < 4.78 is 0. The zero-order valence-corrected chi connectivity index (χ0v) is 12.8. The third kappa shape index (κ3) is 3.30. The smallest absolute Gasteiger partial charge is 0.225 e. The summed E-state index contributed by atoms with van der Waals surface area (Å²) in [5.41, 5.74) is 1.05. The van der Waals surface area contributed by atoms with E-state index in [1.165, 1.54) is 0 Å². The van der Waals surface area contributed by atoms with Gasteiger partial charge >= 0.3 is 0 Å². The molecule has 0 aromatic carbocycles. The largest absolute Gasteiger partial charge is 0.357 e. The van der Waals surface area contributed by atoms with Crippen molar-refractivity contribution in [3.63, 3.8) is 0 Å². The van der Waals surface area contributed by atoms with Crippen LogP contribution in [0.4, 0.5) is 5.82 Å². The second-order valence-corrected chi connectivity index (χ2v) is 5.41. The van der Waals surface area contributed by atoms with Gasteiger partial charge in [-0.1, -0.05) is 6.07 Å². The van der Waals surface area contributed by atoms with Gasteiger partial charge in [0.05, 0.1) is 0 Å². The quantitative estimate of drug-likeness (QED) is 0.847. The number of piperidine rings is 1. The van der Waals surface area contributed by atoms with Gasteiger partial charge in [-0.2, -0.15) is 0 Å². The Morgan fingerprint density at radius 2 is 1.95 bits per heavy atom. The van der Waals surface area contributed by atoms with Gasteiger partial charge in [-0.15, -0.1) is 0 Å². The highest BCUT2D eigenvalue weighted by Crippen LogP contribution is 2.23. The molecule has 1 saturated heterocycles. The molecule has 4 heteroatoms. The fraction of sp³-hybridized carbons (Fsp3) is 0.625. The van der Waals surface area contributed by atoms with Gasteiger partial charge in [0.2, 0.25) is 5.91 Å². The van der Waals surface area contributed by atoms with Crippen LogP contribution in [0.15, 0.2) is 18.2 Å². The van der Waals surface area contributed by atoms with Gasteiger partial charge in [0, 0.05) is 37.8 Å². The van der Waals surface area contributed by atoms with Crippen LogP contribution in [0.2, 0.25) is 0 Å². The van der Waals surface area contributed by atoms with Crippen LogP contribution in [0.25, 0.3) is 0 Å². The second-order valence-electron chi connectivity index (χ2n) is 5.41. The summed E-state index contributed by atoms with van der Waals surface area (Å²) >= 11 is 0. The van der Waals surface area contributed by atoms with Crippen molar-refractivity contribution < 1.29 is 4.79 Å². The van der Waals surface area contributed by atoms with Crippen LogP contribution in [0.5, 0.6) is 0 Å². The molecule has 2 rings (SSSR count). The Morgan fingerprint density at radius 1 is 1.30 bits per heavy atom. The van der Waals surface area contributed by atoms with Gasteiger partial charge in [-0.3, -0.25) is 4.79 Å². The number of hydrogen-bond donors (Lipinski definition) is 0. The molecule has 0 spiro atoms. The second kappa shape index (κ2) is 6.73. The molecule has 0 aliphatic carbocycles. The number of pyridine rings is 1. The summed E-state index contributed by atoms with van der Waals surface area (Å²) in [5, 5.41) is 0. The molecule has 0 radical (unpaired) electrons. The SMILES string of the molecule is CCN(CC)C(=O)C1CCN(c2cccc(C)n2)CC1. The first-order chi connectivity index (χ1) is 9.65. The average Bonchev–Trinajstić information content (AvgIpc) is 2.48. The molecule has 0 saturated carbocycles. The Kier molecular flexibility index (Phi) is 4.99. The Morgan fingerprint density at radius 3 is 2.50 bits per heavy atom. The van der Waals surface area contributed by atoms with Crippen LogP contribution in [0.1, 0.15) is 32.4 Å². The first kappa shape index (κ1) is 14.8. The molecule has 0 N–H and O–H groups in total. The summed E-state index contributed by atoms with van der Waals surface area (Å²) in [7, 11) is 0. The van der Waals surface area contributed by atoms with Gasteiger partial charge in [0.15, 0.2) is 0 Å². The van der Waals surface area contributed by atoms with Crippen molar-refractivity contribution in [2.24, 2.45) is 5.92 Å². The van der Waals surface area contributed by atoms with E-state index in [0.717, 1.165) is 50.5 Å². The lowest BCUT2D eigenvalue weighted by Gasteiger charge is -2.34. The number of amides is 1. The number of hydrogen-bond acceptors (Lipinski definition) is 3. The van der Waals surface area contributed by atoms with Gasteiger partial charge < -0.3 is 9.80 Å². The highest BCUT2D eigenvalue weighted by molar-refractivity contribution is 5.79. The molecule has 1 fully saturated rings. The lowest BCUT2D eigenvalue weighted by Crippen LogP contribution is -2.42. The number of anilines is 1. The number of carbonyl (C=O) groups is 1. The van der Waals surface area contributed by atoms with E-state index in [9.17, 15) is 4.79 Å². The lowest BCUT2D eigenvalue weighted by atomic mass is 9.95. The maximum atomic E-state index is 12.3. The summed E-state index contributed by atoms with van der Waals surface area (Å²) in [6, 6.07) is 6.12. The van der Waals surface area contributed by atoms with E-state index in [4.69, 9.17) is 0 Å². The van der Waals surface area contributed by atoms with Crippen LogP contribution >= 0.6 is 0 Å². The molecular weight excluding hydrogens is 250 g/mol. The minimum atomic E-state index is 0.191. The number of aromatic nitrogens is 1. The van der Waals surface area contributed by atoms with Crippen LogP contribution < -0.4 is 4.90 Å². The molecule has 110 valence electrons. The fourth-order valence-electron chi connectivity index (χ4n) is 2.85. The predicted octanol–water partition coefficient (Wildman–Crippen LogP) is 2.47. The van der Waals surface area contributed by atoms with E-state index in [0.29, 0.717) is 5.91 Å². The Hall–Kier alpha value is -1.58. The summed E-state index contributed by atoms with van der Waals surface area (Å²) in [6.45, 7) is 9.59. The normalized spacial score (nSPS) is 16.2. The van der Waals surface area contributed by atoms with Crippen LogP contribution in [0.3, 0.4) is 0 Å². The van der Waals surface area contributed by atoms with E-state index in [1.54, 1.807) is 0 Å². The maximum absolute atomic E-state index is 12.3. The predicted molar refractivity (Wildman–Crippen MR) is 81.8 cm³/mol. The molecule has 1 amide bonds. The van der Waals surface area contributed by atoms with Crippen molar-refractivity contribution in [2.45, 2.75) is 33.6 Å². The molecule has 0 atom stereocenters. The number of carbonyl (C=O) groups excluding carboxylic acids is 1. The van der Waals surface area contributed by atoms with E-state index < -0.39 is 0 Å². The first-order valence-corrected chi connectivity index (χ1v) is 7.63. The number of aryl methyl sites for hydroxylation is 1. The molecule has 1 aliphatic heterocycles. The molecule has 0 bridgehead atoms. The van der Waals surface area contributed by atoms with E-state index >= 15 is 0 Å². The monoisotopic (exact) mass is 275 g/mol. The number of rotatable bonds is 4. The molecule has 4 nitrogen and oxygen atoms in total. The summed E-state index contributed by atoms with van der Waals surface area (Å²) in [5.74, 6) is 1.56. The average molecular weight is 275 g/mol. The zero-order chi connectivity index (χ0) is 14.5. The summed E-state index contributed by atoms with van der Waals surface area (Å²) in [4.78, 5) is 21.2. The molecule has 1 aliphatic rings. The Balaban J connectivity index is 1.94. The van der Waals surface area contributed by atoms with Crippen molar-refractivity contribution in [1.82, 2.24) is 9.88 Å². The van der Waals surface area contributed by atoms with Crippen molar-refractivity contribution in [3.05, 3.63) is 23.9 Å². The van der Waals surface area contributed by atoms with E-state index in [2.05, 4.69) is 16.0 Å². The van der Waals surface area contributed by atoms with Crippen LogP contribution in [0, 0.1) is 12.8 Å². The standard InChI is InChI=1S/C16H25N3O/c1-4-18(5-2)16(20)14-9-11-19(12-10-14)15-8-6-7-13(3)17-15/h6-8,14H,4-5,9-12H2,1-3H3. The van der Waals surface area contributed by atoms with Crippen molar-refractivity contribution in [3.8, 4) is 0 Å². The van der Waals surface area contributed by atoms with Gasteiger partial charge in [0.1, 0.15) is 5.82 Å². The molecular formula is C16H25N3O. The molecule has 0 unspecified atom stereocenters. The van der Waals surface area contributed by atoms with Gasteiger partial charge in [-0.05, 0) is 45.7 Å². The van der Waals surface area contributed by atoms with Crippen LogP contribution in [-0.4, -0.2) is 42.0 Å². The minimum Gasteiger partial charge on any atom is -0.357 e. The third-order valence-electron chi connectivity index (χ3n) is 4.12. The van der Waals surface area contributed by atoms with Crippen molar-refractivity contribution >= 4 is 11.7 Å². The number of nitrogens with zero attached hydrogens (tertiary/aromatic N) is 3. The van der Waals surface area contributed by atoms with Gasteiger partial charge in [-0.25, -0.2) is 4.98 Å². The topological polar surface area (TPSA) is 36.4 Å². The lowest BCUT2D eigenvalue weighted by molar-refractivity contribution is -0.135. The van der Waals surface area contributed by atoms with E-state index in [1.807, 2.05) is 37.8 Å². The molecule has 2 heterocycles. The van der Waals surface area contributed by atoms with Crippen molar-refractivity contribution in [1.29, 1.82) is 0 Å². The minimum absolute atomic E-state index is 0.191. The van der Waals surface area contributed by atoms with E-state index in [-0.39, 0.29) is 5.92 Å². The third-order valence-corrected chi connectivity index (χ3v) is 4.12. The maximum Gasteiger partial charge on any atom is 0.225 e. The Labute approximate surface area is 121 Å². The Bertz CT molecular complexity index is 449. The molecule has 1 aromatic heterocycles. The summed E-state index contributed by atoms with van der Waals surface area (Å²) in [6.07, 6.45) is 1.87. The van der Waals surface area contributed by atoms with Crippen LogP contribution in [-0.2, 0) is 4.79 Å². The molecule has 20 heavy (non-hydrogen) atoms. The highest BCUT2D eigenvalue weighted by atomic mass is 16.2. The van der Waals surface area contributed by atoms with Gasteiger partial charge in [0.25, 0.3) is 0 Å².